The predicted octanol–water partition coefficient (Wildman–Crippen LogP) is 3.81. The number of hydrogen-bond acceptors (Lipinski definition) is 4. The number of carbonyl (C=O) groups is 1. The van der Waals surface area contributed by atoms with Gasteiger partial charge in [0, 0.05) is 5.56 Å². The highest BCUT2D eigenvalue weighted by molar-refractivity contribution is 6.31. The minimum atomic E-state index is -0.478. The molecule has 0 atom stereocenters. The number of aromatic nitrogens is 2. The van der Waals surface area contributed by atoms with Crippen LogP contribution in [0.4, 0.5) is 0 Å². The highest BCUT2D eigenvalue weighted by atomic mass is 35.5. The Morgan fingerprint density at radius 2 is 1.79 bits per heavy atom. The quantitative estimate of drug-likeness (QED) is 0.836. The zero-order chi connectivity index (χ0) is 18.5. The average molecular weight is 351 g/mol. The van der Waals surface area contributed by atoms with E-state index in [2.05, 4.69) is 12.0 Å². The molecular formula is C18H23ClN2O3. The summed E-state index contributed by atoms with van der Waals surface area (Å²) in [6.07, 6.45) is 2.19. The van der Waals surface area contributed by atoms with E-state index in [1.54, 1.807) is 6.92 Å². The Labute approximate surface area is 146 Å². The van der Waals surface area contributed by atoms with Crippen molar-refractivity contribution >= 4 is 17.4 Å². The molecule has 5 nitrogen and oxygen atoms in total. The summed E-state index contributed by atoms with van der Waals surface area (Å²) in [5.74, 6) is -0.153. The SMILES string of the molecule is CC(C)(C)n1ncc(O)c(Cl)c1=O.CCc1ccc(C(C)=O)cc1. The van der Waals surface area contributed by atoms with Gasteiger partial charge in [0.1, 0.15) is 0 Å². The lowest BCUT2D eigenvalue weighted by molar-refractivity contribution is 0.101. The van der Waals surface area contributed by atoms with Gasteiger partial charge in [-0.05, 0) is 39.7 Å². The summed E-state index contributed by atoms with van der Waals surface area (Å²) < 4.78 is 1.23. The van der Waals surface area contributed by atoms with Crippen LogP contribution in [0, 0.1) is 0 Å². The zero-order valence-corrected chi connectivity index (χ0v) is 15.4. The van der Waals surface area contributed by atoms with Gasteiger partial charge in [-0.2, -0.15) is 5.10 Å². The number of aryl methyl sites for hydroxylation is 1. The Hall–Kier alpha value is -2.14. The van der Waals surface area contributed by atoms with Crippen molar-refractivity contribution in [2.75, 3.05) is 0 Å². The Balaban J connectivity index is 0.000000243. The molecule has 1 heterocycles. The number of nitrogens with zero attached hydrogens (tertiary/aromatic N) is 2. The third kappa shape index (κ3) is 5.20. The molecule has 6 heteroatoms. The molecule has 0 radical (unpaired) electrons. The number of carbonyl (C=O) groups excluding carboxylic acids is 1. The Bertz CT molecular complexity index is 759. The van der Waals surface area contributed by atoms with E-state index < -0.39 is 11.1 Å². The number of hydrogen-bond donors (Lipinski definition) is 1. The van der Waals surface area contributed by atoms with Gasteiger partial charge in [-0.25, -0.2) is 4.68 Å². The van der Waals surface area contributed by atoms with Crippen molar-refractivity contribution in [1.29, 1.82) is 0 Å². The van der Waals surface area contributed by atoms with Crippen molar-refractivity contribution in [2.45, 2.75) is 46.6 Å². The summed E-state index contributed by atoms with van der Waals surface area (Å²) >= 11 is 5.57. The lowest BCUT2D eigenvalue weighted by Gasteiger charge is -2.20. The van der Waals surface area contributed by atoms with Gasteiger partial charge in [0.15, 0.2) is 16.6 Å². The molecule has 0 aliphatic rings. The van der Waals surface area contributed by atoms with Gasteiger partial charge < -0.3 is 5.11 Å². The van der Waals surface area contributed by atoms with Gasteiger partial charge in [0.2, 0.25) is 0 Å². The maximum Gasteiger partial charge on any atom is 0.289 e. The molecule has 1 N–H and O–H groups in total. The Kier molecular flexibility index (Phi) is 6.72. The number of halogens is 1. The average Bonchev–Trinajstić information content (AvgIpc) is 2.52. The first-order chi connectivity index (χ1) is 11.1. The second kappa shape index (κ2) is 8.11. The van der Waals surface area contributed by atoms with Crippen LogP contribution in [-0.2, 0) is 12.0 Å². The monoisotopic (exact) mass is 350 g/mol. The number of rotatable bonds is 2. The van der Waals surface area contributed by atoms with Gasteiger partial charge in [0.05, 0.1) is 11.7 Å². The van der Waals surface area contributed by atoms with E-state index >= 15 is 0 Å². The van der Waals surface area contributed by atoms with Gasteiger partial charge in [-0.3, -0.25) is 9.59 Å². The molecule has 1 aromatic carbocycles. The summed E-state index contributed by atoms with van der Waals surface area (Å²) in [7, 11) is 0. The molecule has 0 aliphatic carbocycles. The second-order valence-corrected chi connectivity index (χ2v) is 6.72. The normalized spacial score (nSPS) is 10.8. The standard InChI is InChI=1S/C10H12O.C8H11ClN2O2/c1-3-9-4-6-10(7-5-9)8(2)11;1-8(2,3)11-7(13)6(9)5(12)4-10-11/h4-7H,3H2,1-2H3;4,12H,1-3H3. The van der Waals surface area contributed by atoms with Gasteiger partial charge >= 0.3 is 0 Å². The fourth-order valence-corrected chi connectivity index (χ4v) is 2.01. The largest absolute Gasteiger partial charge is 0.505 e. The molecule has 0 aliphatic heterocycles. The fourth-order valence-electron chi connectivity index (χ4n) is 1.88. The smallest absolute Gasteiger partial charge is 0.289 e. The van der Waals surface area contributed by atoms with Crippen molar-refractivity contribution in [3.05, 3.63) is 57.0 Å². The van der Waals surface area contributed by atoms with Crippen LogP contribution < -0.4 is 5.56 Å². The third-order valence-corrected chi connectivity index (χ3v) is 3.66. The van der Waals surface area contributed by atoms with Crippen LogP contribution in [0.25, 0.3) is 0 Å². The van der Waals surface area contributed by atoms with Gasteiger partial charge in [-0.15, -0.1) is 0 Å². The molecule has 24 heavy (non-hydrogen) atoms. The van der Waals surface area contributed by atoms with Crippen LogP contribution in [0.5, 0.6) is 5.75 Å². The van der Waals surface area contributed by atoms with Crippen LogP contribution in [0.15, 0.2) is 35.3 Å². The van der Waals surface area contributed by atoms with Crippen LogP contribution in [0.2, 0.25) is 5.02 Å². The van der Waals surface area contributed by atoms with Gasteiger partial charge in [-0.1, -0.05) is 42.8 Å². The molecule has 2 rings (SSSR count). The van der Waals surface area contributed by atoms with E-state index in [0.29, 0.717) is 0 Å². The summed E-state index contributed by atoms with van der Waals surface area (Å²) in [4.78, 5) is 22.3. The highest BCUT2D eigenvalue weighted by Gasteiger charge is 2.18. The van der Waals surface area contributed by atoms with E-state index in [1.165, 1.54) is 10.2 Å². The topological polar surface area (TPSA) is 72.2 Å². The van der Waals surface area contributed by atoms with Crippen molar-refractivity contribution < 1.29 is 9.90 Å². The molecule has 0 saturated heterocycles. The molecule has 0 fully saturated rings. The Morgan fingerprint density at radius 1 is 1.25 bits per heavy atom. The molecule has 130 valence electrons. The maximum absolute atomic E-state index is 11.4. The Morgan fingerprint density at radius 3 is 2.21 bits per heavy atom. The van der Waals surface area contributed by atoms with Crippen molar-refractivity contribution in [3.63, 3.8) is 0 Å². The highest BCUT2D eigenvalue weighted by Crippen LogP contribution is 2.18. The molecule has 0 bridgehead atoms. The fraction of sp³-hybridized carbons (Fsp3) is 0.389. The summed E-state index contributed by atoms with van der Waals surface area (Å²) in [6.45, 7) is 9.17. The molecule has 0 amide bonds. The zero-order valence-electron chi connectivity index (χ0n) is 14.6. The molecular weight excluding hydrogens is 328 g/mol. The first kappa shape index (κ1) is 19.9. The molecule has 0 spiro atoms. The number of benzene rings is 1. The van der Waals surface area contributed by atoms with E-state index in [1.807, 2.05) is 45.0 Å². The molecule has 2 aromatic rings. The number of ketones is 1. The second-order valence-electron chi connectivity index (χ2n) is 6.34. The lowest BCUT2D eigenvalue weighted by Crippen LogP contribution is -2.35. The molecule has 1 aromatic heterocycles. The maximum atomic E-state index is 11.4. The van der Waals surface area contributed by atoms with Crippen molar-refractivity contribution in [1.82, 2.24) is 9.78 Å². The predicted molar refractivity (Wildman–Crippen MR) is 96.0 cm³/mol. The number of Topliss-reactive ketones (excluding diaryl/α,β-unsaturated/α-hetero) is 1. The van der Waals surface area contributed by atoms with Crippen LogP contribution >= 0.6 is 11.6 Å². The van der Waals surface area contributed by atoms with Crippen LogP contribution in [0.1, 0.15) is 50.5 Å². The first-order valence-electron chi connectivity index (χ1n) is 7.65. The van der Waals surface area contributed by atoms with E-state index in [9.17, 15) is 9.59 Å². The van der Waals surface area contributed by atoms with E-state index in [4.69, 9.17) is 16.7 Å². The lowest BCUT2D eigenvalue weighted by atomic mass is 10.1. The molecule has 0 unspecified atom stereocenters. The minimum absolute atomic E-state index is 0.132. The summed E-state index contributed by atoms with van der Waals surface area (Å²) in [6, 6.07) is 7.75. The van der Waals surface area contributed by atoms with Crippen LogP contribution in [-0.4, -0.2) is 20.7 Å². The third-order valence-electron chi connectivity index (χ3n) is 3.30. The number of aromatic hydroxyl groups is 1. The van der Waals surface area contributed by atoms with E-state index in [0.717, 1.165) is 18.2 Å². The summed E-state index contributed by atoms with van der Waals surface area (Å²) in [5.41, 5.74) is 1.15. The van der Waals surface area contributed by atoms with E-state index in [-0.39, 0.29) is 16.6 Å². The minimum Gasteiger partial charge on any atom is -0.505 e. The summed E-state index contributed by atoms with van der Waals surface area (Å²) in [5, 5.41) is 12.7. The van der Waals surface area contributed by atoms with Crippen molar-refractivity contribution in [3.8, 4) is 5.75 Å². The first-order valence-corrected chi connectivity index (χ1v) is 8.02. The van der Waals surface area contributed by atoms with Crippen molar-refractivity contribution in [2.24, 2.45) is 0 Å². The van der Waals surface area contributed by atoms with Gasteiger partial charge in [0.25, 0.3) is 5.56 Å². The molecule has 0 saturated carbocycles. The van der Waals surface area contributed by atoms with Crippen LogP contribution in [0.3, 0.4) is 0 Å².